The Morgan fingerprint density at radius 2 is 1.52 bits per heavy atom. The second-order valence-corrected chi connectivity index (χ2v) is 8.32. The lowest BCUT2D eigenvalue weighted by Gasteiger charge is -2.14. The van der Waals surface area contributed by atoms with Gasteiger partial charge in [0.1, 0.15) is 9.88 Å². The standard InChI is InChI=1S/C26H18N2O4S/c1-2-32-26(31)22-21(16-9-4-3-5-10-16)27-23(33-22)17-11-8-12-18(15-17)28-24(29)19-13-6-7-14-20(19)25(28)30/h3-15H,2H2,1H3. The molecule has 0 radical (unpaired) electrons. The van der Waals surface area contributed by atoms with Gasteiger partial charge in [-0.25, -0.2) is 14.7 Å². The summed E-state index contributed by atoms with van der Waals surface area (Å²) in [7, 11) is 0. The van der Waals surface area contributed by atoms with Gasteiger partial charge in [0.2, 0.25) is 0 Å². The predicted molar refractivity (Wildman–Crippen MR) is 127 cm³/mol. The van der Waals surface area contributed by atoms with Crippen molar-refractivity contribution in [3.63, 3.8) is 0 Å². The number of carbonyl (C=O) groups excluding carboxylic acids is 3. The molecule has 4 aromatic rings. The molecule has 0 spiro atoms. The summed E-state index contributed by atoms with van der Waals surface area (Å²) in [5.41, 5.74) is 3.27. The average Bonchev–Trinajstić information content (AvgIpc) is 3.40. The minimum absolute atomic E-state index is 0.259. The zero-order valence-electron chi connectivity index (χ0n) is 17.6. The SMILES string of the molecule is CCOC(=O)c1sc(-c2cccc(N3C(=O)c4ccccc4C3=O)c2)nc1-c1ccccc1. The molecule has 0 saturated heterocycles. The number of anilines is 1. The van der Waals surface area contributed by atoms with Crippen LogP contribution in [0.5, 0.6) is 0 Å². The third-order valence-electron chi connectivity index (χ3n) is 5.28. The van der Waals surface area contributed by atoms with Crippen molar-refractivity contribution in [1.82, 2.24) is 4.98 Å². The third kappa shape index (κ3) is 3.62. The zero-order valence-corrected chi connectivity index (χ0v) is 18.5. The first kappa shape index (κ1) is 20.8. The van der Waals surface area contributed by atoms with Crippen molar-refractivity contribution in [3.8, 4) is 21.8 Å². The summed E-state index contributed by atoms with van der Waals surface area (Å²) in [6.45, 7) is 2.02. The Balaban J connectivity index is 1.57. The van der Waals surface area contributed by atoms with Crippen LogP contribution in [0.25, 0.3) is 21.8 Å². The van der Waals surface area contributed by atoms with E-state index < -0.39 is 5.97 Å². The average molecular weight is 455 g/mol. The Bertz CT molecular complexity index is 1360. The van der Waals surface area contributed by atoms with Crippen LogP contribution in [0.2, 0.25) is 0 Å². The highest BCUT2D eigenvalue weighted by Gasteiger charge is 2.36. The first-order valence-electron chi connectivity index (χ1n) is 10.4. The molecule has 162 valence electrons. The molecule has 0 unspecified atom stereocenters. The van der Waals surface area contributed by atoms with Crippen LogP contribution in [0.3, 0.4) is 0 Å². The molecule has 0 N–H and O–H groups in total. The quantitative estimate of drug-likeness (QED) is 0.296. The third-order valence-corrected chi connectivity index (χ3v) is 6.37. The molecule has 6 nitrogen and oxygen atoms in total. The smallest absolute Gasteiger partial charge is 0.350 e. The van der Waals surface area contributed by atoms with E-state index in [0.29, 0.717) is 38.0 Å². The molecule has 0 saturated carbocycles. The lowest BCUT2D eigenvalue weighted by Crippen LogP contribution is -2.29. The Labute approximate surface area is 194 Å². The normalized spacial score (nSPS) is 12.7. The second-order valence-electron chi connectivity index (χ2n) is 7.32. The summed E-state index contributed by atoms with van der Waals surface area (Å²) in [4.78, 5) is 44.7. The number of rotatable bonds is 5. The molecule has 2 heterocycles. The van der Waals surface area contributed by atoms with Gasteiger partial charge in [-0.05, 0) is 31.2 Å². The van der Waals surface area contributed by atoms with E-state index in [2.05, 4.69) is 0 Å². The fourth-order valence-electron chi connectivity index (χ4n) is 3.77. The number of thiazole rings is 1. The Hall–Kier alpha value is -4.10. The van der Waals surface area contributed by atoms with E-state index in [1.165, 1.54) is 16.2 Å². The maximum Gasteiger partial charge on any atom is 0.350 e. The summed E-state index contributed by atoms with van der Waals surface area (Å²) < 4.78 is 5.24. The molecule has 33 heavy (non-hydrogen) atoms. The molecule has 1 aliphatic heterocycles. The van der Waals surface area contributed by atoms with Crippen LogP contribution in [-0.4, -0.2) is 29.4 Å². The van der Waals surface area contributed by atoms with Crippen LogP contribution in [0.15, 0.2) is 78.9 Å². The van der Waals surface area contributed by atoms with E-state index in [0.717, 1.165) is 5.56 Å². The monoisotopic (exact) mass is 454 g/mol. The minimum atomic E-state index is -0.434. The van der Waals surface area contributed by atoms with Crippen LogP contribution in [0, 0.1) is 0 Å². The van der Waals surface area contributed by atoms with Gasteiger partial charge in [-0.1, -0.05) is 54.6 Å². The summed E-state index contributed by atoms with van der Waals surface area (Å²) >= 11 is 1.22. The van der Waals surface area contributed by atoms with Crippen molar-refractivity contribution in [2.45, 2.75) is 6.92 Å². The van der Waals surface area contributed by atoms with Crippen molar-refractivity contribution >= 4 is 34.8 Å². The van der Waals surface area contributed by atoms with Crippen LogP contribution >= 0.6 is 11.3 Å². The van der Waals surface area contributed by atoms with Gasteiger partial charge in [-0.15, -0.1) is 11.3 Å². The molecule has 1 aromatic heterocycles. The van der Waals surface area contributed by atoms with Crippen LogP contribution in [-0.2, 0) is 4.74 Å². The first-order chi connectivity index (χ1) is 16.1. The molecule has 1 aliphatic rings. The van der Waals surface area contributed by atoms with Crippen molar-refractivity contribution in [2.24, 2.45) is 0 Å². The van der Waals surface area contributed by atoms with E-state index in [4.69, 9.17) is 9.72 Å². The van der Waals surface area contributed by atoms with E-state index in [1.54, 1.807) is 49.4 Å². The molecule has 3 aromatic carbocycles. The number of fused-ring (bicyclic) bond motifs is 1. The van der Waals surface area contributed by atoms with E-state index in [1.807, 2.05) is 36.4 Å². The van der Waals surface area contributed by atoms with Crippen LogP contribution < -0.4 is 4.90 Å². The molecule has 0 bridgehead atoms. The van der Waals surface area contributed by atoms with Gasteiger partial charge in [-0.3, -0.25) is 9.59 Å². The van der Waals surface area contributed by atoms with Gasteiger partial charge in [0.25, 0.3) is 11.8 Å². The number of aromatic nitrogens is 1. The predicted octanol–water partition coefficient (Wildman–Crippen LogP) is 5.45. The molecule has 2 amide bonds. The largest absolute Gasteiger partial charge is 0.462 e. The summed E-state index contributed by atoms with van der Waals surface area (Å²) in [5, 5.41) is 0.593. The van der Waals surface area contributed by atoms with Gasteiger partial charge < -0.3 is 4.74 Å². The summed E-state index contributed by atoms with van der Waals surface area (Å²) in [5.74, 6) is -1.15. The number of hydrogen-bond acceptors (Lipinski definition) is 6. The molecular formula is C26H18N2O4S. The lowest BCUT2D eigenvalue weighted by atomic mass is 10.1. The lowest BCUT2D eigenvalue weighted by molar-refractivity contribution is 0.0532. The van der Waals surface area contributed by atoms with Crippen molar-refractivity contribution in [1.29, 1.82) is 0 Å². The van der Waals surface area contributed by atoms with E-state index in [-0.39, 0.29) is 18.4 Å². The van der Waals surface area contributed by atoms with Crippen molar-refractivity contribution < 1.29 is 19.1 Å². The van der Waals surface area contributed by atoms with Crippen molar-refractivity contribution in [3.05, 3.63) is 94.9 Å². The summed E-state index contributed by atoms with van der Waals surface area (Å²) in [6, 6.07) is 23.3. The highest BCUT2D eigenvalue weighted by Crippen LogP contribution is 2.37. The number of nitrogens with zero attached hydrogens (tertiary/aromatic N) is 2. The van der Waals surface area contributed by atoms with Crippen molar-refractivity contribution in [2.75, 3.05) is 11.5 Å². The fraction of sp³-hybridized carbons (Fsp3) is 0.0769. The molecule has 7 heteroatoms. The van der Waals surface area contributed by atoms with Gasteiger partial charge in [0.05, 0.1) is 29.1 Å². The Morgan fingerprint density at radius 3 is 2.18 bits per heavy atom. The van der Waals surface area contributed by atoms with E-state index >= 15 is 0 Å². The van der Waals surface area contributed by atoms with Gasteiger partial charge in [0.15, 0.2) is 0 Å². The maximum atomic E-state index is 12.9. The number of imide groups is 1. The van der Waals surface area contributed by atoms with Gasteiger partial charge >= 0.3 is 5.97 Å². The number of carbonyl (C=O) groups is 3. The molecule has 5 rings (SSSR count). The highest BCUT2D eigenvalue weighted by molar-refractivity contribution is 7.17. The maximum absolute atomic E-state index is 12.9. The van der Waals surface area contributed by atoms with Crippen LogP contribution in [0.1, 0.15) is 37.3 Å². The number of esters is 1. The molecular weight excluding hydrogens is 436 g/mol. The topological polar surface area (TPSA) is 76.6 Å². The minimum Gasteiger partial charge on any atom is -0.462 e. The Kier molecular flexibility index (Phi) is 5.32. The first-order valence-corrected chi connectivity index (χ1v) is 11.2. The number of benzene rings is 3. The molecule has 0 atom stereocenters. The second kappa shape index (κ2) is 8.44. The summed E-state index contributed by atoms with van der Waals surface area (Å²) in [6.07, 6.45) is 0. The highest BCUT2D eigenvalue weighted by atomic mass is 32.1. The molecule has 0 aliphatic carbocycles. The van der Waals surface area contributed by atoms with Crippen LogP contribution in [0.4, 0.5) is 5.69 Å². The fourth-order valence-corrected chi connectivity index (χ4v) is 4.75. The Morgan fingerprint density at radius 1 is 0.879 bits per heavy atom. The van der Waals surface area contributed by atoms with Gasteiger partial charge in [-0.2, -0.15) is 0 Å². The molecule has 0 fully saturated rings. The van der Waals surface area contributed by atoms with E-state index in [9.17, 15) is 14.4 Å². The number of hydrogen-bond donors (Lipinski definition) is 0. The van der Waals surface area contributed by atoms with Gasteiger partial charge in [0, 0.05) is 11.1 Å². The number of ether oxygens (including phenoxy) is 1. The zero-order chi connectivity index (χ0) is 22.9. The number of amides is 2.